The lowest BCUT2D eigenvalue weighted by molar-refractivity contribution is -0.202. The van der Waals surface area contributed by atoms with Crippen LogP contribution in [0.2, 0.25) is 0 Å². The number of likely N-dealkylation sites (N-methyl/N-ethyl adjacent to an activating group) is 1. The van der Waals surface area contributed by atoms with E-state index in [0.717, 1.165) is 50.2 Å². The highest BCUT2D eigenvalue weighted by atomic mass is 32.2. The fourth-order valence-corrected chi connectivity index (χ4v) is 5.38. The molecular formula is C19H33NO4S2. The van der Waals surface area contributed by atoms with Crippen molar-refractivity contribution in [1.29, 1.82) is 0 Å². The van der Waals surface area contributed by atoms with E-state index in [9.17, 15) is 9.59 Å². The molecule has 1 aliphatic heterocycles. The fraction of sp³-hybridized carbons (Fsp3) is 0.895. The molecule has 2 fully saturated rings. The van der Waals surface area contributed by atoms with Crippen molar-refractivity contribution >= 4 is 36.3 Å². The average molecular weight is 404 g/mol. The van der Waals surface area contributed by atoms with Crippen molar-refractivity contribution in [2.24, 2.45) is 5.92 Å². The summed E-state index contributed by atoms with van der Waals surface area (Å²) < 4.78 is 11.3. The molecule has 1 aliphatic carbocycles. The SMILES string of the molecule is CCC(=O)OC(OC(=O)C1CC(C)(SCCS)CN1C)C1CCCCC1. The smallest absolute Gasteiger partial charge is 0.326 e. The van der Waals surface area contributed by atoms with E-state index in [1.54, 1.807) is 6.92 Å². The number of thiol groups is 1. The third-order valence-corrected chi connectivity index (χ3v) is 7.29. The molecule has 0 aromatic carbocycles. The molecule has 0 N–H and O–H groups in total. The van der Waals surface area contributed by atoms with E-state index in [1.807, 2.05) is 18.8 Å². The van der Waals surface area contributed by atoms with Gasteiger partial charge in [-0.1, -0.05) is 26.2 Å². The summed E-state index contributed by atoms with van der Waals surface area (Å²) in [4.78, 5) is 26.7. The summed E-state index contributed by atoms with van der Waals surface area (Å²) in [7, 11) is 1.96. The zero-order chi connectivity index (χ0) is 19.2. The summed E-state index contributed by atoms with van der Waals surface area (Å²) in [6.07, 6.45) is 5.61. The summed E-state index contributed by atoms with van der Waals surface area (Å²) in [5.41, 5.74) is 0. The third-order valence-electron chi connectivity index (χ3n) is 5.36. The van der Waals surface area contributed by atoms with E-state index in [4.69, 9.17) is 9.47 Å². The highest BCUT2D eigenvalue weighted by Crippen LogP contribution is 2.38. The number of hydrogen-bond donors (Lipinski definition) is 1. The van der Waals surface area contributed by atoms with Gasteiger partial charge in [-0.15, -0.1) is 0 Å². The first-order chi connectivity index (χ1) is 12.4. The van der Waals surface area contributed by atoms with Crippen molar-refractivity contribution in [2.75, 3.05) is 25.1 Å². The second-order valence-electron chi connectivity index (χ2n) is 7.70. The Labute approximate surface area is 167 Å². The van der Waals surface area contributed by atoms with Gasteiger partial charge in [0.15, 0.2) is 0 Å². The monoisotopic (exact) mass is 403 g/mol. The van der Waals surface area contributed by atoms with Crippen molar-refractivity contribution in [3.05, 3.63) is 0 Å². The molecule has 5 nitrogen and oxygen atoms in total. The van der Waals surface area contributed by atoms with Crippen LogP contribution < -0.4 is 0 Å². The Morgan fingerprint density at radius 3 is 2.58 bits per heavy atom. The molecule has 1 saturated carbocycles. The summed E-state index contributed by atoms with van der Waals surface area (Å²) in [5, 5.41) is 0. The number of carbonyl (C=O) groups is 2. The van der Waals surface area contributed by atoms with Gasteiger partial charge in [0.1, 0.15) is 6.04 Å². The van der Waals surface area contributed by atoms with Gasteiger partial charge < -0.3 is 9.47 Å². The second-order valence-corrected chi connectivity index (χ2v) is 9.83. The van der Waals surface area contributed by atoms with Gasteiger partial charge in [-0.25, -0.2) is 0 Å². The molecule has 1 saturated heterocycles. The maximum absolute atomic E-state index is 12.9. The quantitative estimate of drug-likeness (QED) is 0.380. The maximum atomic E-state index is 12.9. The Balaban J connectivity index is 2.00. The number of likely N-dealkylation sites (tertiary alicyclic amines) is 1. The number of carbonyl (C=O) groups excluding carboxylic acids is 2. The lowest BCUT2D eigenvalue weighted by atomic mass is 9.88. The van der Waals surface area contributed by atoms with Crippen LogP contribution in [0.3, 0.4) is 0 Å². The largest absolute Gasteiger partial charge is 0.425 e. The van der Waals surface area contributed by atoms with Gasteiger partial charge in [0.25, 0.3) is 0 Å². The lowest BCUT2D eigenvalue weighted by Crippen LogP contribution is -2.40. The molecule has 150 valence electrons. The highest BCUT2D eigenvalue weighted by Gasteiger charge is 2.44. The molecule has 2 aliphatic rings. The van der Waals surface area contributed by atoms with Gasteiger partial charge in [-0.2, -0.15) is 24.4 Å². The minimum Gasteiger partial charge on any atom is -0.425 e. The molecule has 0 radical (unpaired) electrons. The number of rotatable bonds is 8. The highest BCUT2D eigenvalue weighted by molar-refractivity contribution is 8.01. The normalized spacial score (nSPS) is 28.7. The van der Waals surface area contributed by atoms with Crippen LogP contribution in [0.15, 0.2) is 0 Å². The van der Waals surface area contributed by atoms with Crippen molar-refractivity contribution in [3.8, 4) is 0 Å². The minimum atomic E-state index is -0.736. The summed E-state index contributed by atoms with van der Waals surface area (Å²) in [5.74, 6) is 1.36. The first kappa shape index (κ1) is 21.9. The van der Waals surface area contributed by atoms with Crippen LogP contribution in [0.5, 0.6) is 0 Å². The van der Waals surface area contributed by atoms with E-state index < -0.39 is 6.29 Å². The third kappa shape index (κ3) is 6.06. The Bertz CT molecular complexity index is 484. The first-order valence-electron chi connectivity index (χ1n) is 9.73. The number of nitrogens with zero attached hydrogens (tertiary/aromatic N) is 1. The molecule has 0 amide bonds. The number of esters is 2. The van der Waals surface area contributed by atoms with E-state index in [2.05, 4.69) is 24.5 Å². The Morgan fingerprint density at radius 2 is 1.96 bits per heavy atom. The van der Waals surface area contributed by atoms with Crippen LogP contribution in [-0.4, -0.2) is 59.0 Å². The first-order valence-corrected chi connectivity index (χ1v) is 11.4. The predicted octanol–water partition coefficient (Wildman–Crippen LogP) is 3.52. The lowest BCUT2D eigenvalue weighted by Gasteiger charge is -2.30. The van der Waals surface area contributed by atoms with E-state index >= 15 is 0 Å². The molecule has 3 unspecified atom stereocenters. The van der Waals surface area contributed by atoms with Crippen molar-refractivity contribution in [3.63, 3.8) is 0 Å². The predicted molar refractivity (Wildman–Crippen MR) is 109 cm³/mol. The molecule has 2 rings (SSSR count). The van der Waals surface area contributed by atoms with Crippen molar-refractivity contribution < 1.29 is 19.1 Å². The van der Waals surface area contributed by atoms with Crippen LogP contribution in [-0.2, 0) is 19.1 Å². The van der Waals surface area contributed by atoms with Gasteiger partial charge in [-0.05, 0) is 39.0 Å². The van der Waals surface area contributed by atoms with Crippen molar-refractivity contribution in [1.82, 2.24) is 4.90 Å². The molecule has 26 heavy (non-hydrogen) atoms. The van der Waals surface area contributed by atoms with Crippen molar-refractivity contribution in [2.45, 2.75) is 75.9 Å². The van der Waals surface area contributed by atoms with Gasteiger partial charge in [-0.3, -0.25) is 14.5 Å². The summed E-state index contributed by atoms with van der Waals surface area (Å²) >= 11 is 6.15. The maximum Gasteiger partial charge on any atom is 0.326 e. The topological polar surface area (TPSA) is 55.8 Å². The van der Waals surface area contributed by atoms with Gasteiger partial charge in [0.05, 0.1) is 0 Å². The Kier molecular flexibility index (Phi) is 8.61. The average Bonchev–Trinajstić information content (AvgIpc) is 2.95. The number of hydrogen-bond acceptors (Lipinski definition) is 7. The molecule has 1 heterocycles. The molecule has 3 atom stereocenters. The molecule has 0 aromatic heterocycles. The summed E-state index contributed by atoms with van der Waals surface area (Å²) in [6.45, 7) is 4.80. The van der Waals surface area contributed by atoms with Crippen LogP contribution in [0.4, 0.5) is 0 Å². The molecule has 0 spiro atoms. The number of thioether (sulfide) groups is 1. The Hall–Kier alpha value is -0.400. The van der Waals surface area contributed by atoms with Crippen LogP contribution >= 0.6 is 24.4 Å². The van der Waals surface area contributed by atoms with Crippen LogP contribution in [0.25, 0.3) is 0 Å². The Morgan fingerprint density at radius 1 is 1.27 bits per heavy atom. The minimum absolute atomic E-state index is 0.0294. The summed E-state index contributed by atoms with van der Waals surface area (Å²) in [6, 6.07) is -0.279. The van der Waals surface area contributed by atoms with Crippen LogP contribution in [0.1, 0.15) is 58.8 Å². The van der Waals surface area contributed by atoms with E-state index in [1.165, 1.54) is 6.42 Å². The number of ether oxygens (including phenoxy) is 2. The second kappa shape index (κ2) is 10.2. The zero-order valence-corrected chi connectivity index (χ0v) is 17.9. The molecule has 0 bridgehead atoms. The zero-order valence-electron chi connectivity index (χ0n) is 16.2. The standard InChI is InChI=1S/C19H33NO4S2/c1-4-16(21)23-18(14-8-6-5-7-9-14)24-17(22)15-12-19(2,13-20(15)3)26-11-10-25/h14-15,18,25H,4-13H2,1-3H3. The molecule has 7 heteroatoms. The van der Waals surface area contributed by atoms with Gasteiger partial charge >= 0.3 is 11.9 Å². The molecule has 0 aromatic rings. The van der Waals surface area contributed by atoms with E-state index in [-0.39, 0.29) is 28.6 Å². The van der Waals surface area contributed by atoms with Crippen LogP contribution in [0, 0.1) is 5.92 Å². The van der Waals surface area contributed by atoms with E-state index in [0.29, 0.717) is 6.42 Å². The van der Waals surface area contributed by atoms with Gasteiger partial charge in [0, 0.05) is 29.4 Å². The van der Waals surface area contributed by atoms with Gasteiger partial charge in [0.2, 0.25) is 6.29 Å². The molecular weight excluding hydrogens is 370 g/mol. The fourth-order valence-electron chi connectivity index (χ4n) is 3.96.